The minimum Gasteiger partial charge on any atom is -0.496 e. The fourth-order valence-electron chi connectivity index (χ4n) is 2.31. The van der Waals surface area contributed by atoms with Crippen molar-refractivity contribution in [3.63, 3.8) is 0 Å². The number of hydrogen-bond donors (Lipinski definition) is 0. The van der Waals surface area contributed by atoms with Gasteiger partial charge in [-0.3, -0.25) is 0 Å². The molecule has 0 spiro atoms. The van der Waals surface area contributed by atoms with Gasteiger partial charge in [0.15, 0.2) is 5.79 Å². The number of hydrogen-bond acceptors (Lipinski definition) is 3. The quantitative estimate of drug-likeness (QED) is 0.813. The maximum absolute atomic E-state index is 6.29. The second-order valence-corrected chi connectivity index (χ2v) is 4.73. The highest BCUT2D eigenvalue weighted by molar-refractivity contribution is 6.32. The van der Waals surface area contributed by atoms with Gasteiger partial charge in [-0.1, -0.05) is 11.6 Å². The molecule has 0 unspecified atom stereocenters. The van der Waals surface area contributed by atoms with Gasteiger partial charge in [-0.15, -0.1) is 0 Å². The third kappa shape index (κ3) is 2.03. The van der Waals surface area contributed by atoms with Crippen LogP contribution in [0.5, 0.6) is 5.75 Å². The highest BCUT2D eigenvalue weighted by Gasteiger charge is 2.38. The lowest BCUT2D eigenvalue weighted by Crippen LogP contribution is -2.25. The molecule has 0 saturated carbocycles. The summed E-state index contributed by atoms with van der Waals surface area (Å²) < 4.78 is 16.8. The zero-order chi connectivity index (χ0) is 12.6. The van der Waals surface area contributed by atoms with Crippen molar-refractivity contribution in [1.82, 2.24) is 0 Å². The Hall–Kier alpha value is -0.770. The lowest BCUT2D eigenvalue weighted by atomic mass is 9.97. The van der Waals surface area contributed by atoms with E-state index in [0.29, 0.717) is 13.2 Å². The minimum atomic E-state index is -0.757. The number of rotatable bonds is 2. The standard InChI is InChI=1S/C13H17ClO3/c1-8-7-10(15-4)11(9(2)12(8)14)13(3)16-5-6-17-13/h7H,5-6H2,1-4H3. The SMILES string of the molecule is COc1cc(C)c(Cl)c(C)c1C1(C)OCCO1. The number of ether oxygens (including phenoxy) is 3. The van der Waals surface area contributed by atoms with Crippen LogP contribution >= 0.6 is 11.6 Å². The smallest absolute Gasteiger partial charge is 0.195 e. The Morgan fingerprint density at radius 3 is 2.41 bits per heavy atom. The maximum atomic E-state index is 6.29. The van der Waals surface area contributed by atoms with E-state index in [2.05, 4.69) is 0 Å². The molecule has 0 radical (unpaired) electrons. The summed E-state index contributed by atoms with van der Waals surface area (Å²) in [4.78, 5) is 0. The maximum Gasteiger partial charge on any atom is 0.195 e. The Balaban J connectivity index is 2.62. The van der Waals surface area contributed by atoms with Gasteiger partial charge in [-0.05, 0) is 38.0 Å². The summed E-state index contributed by atoms with van der Waals surface area (Å²) in [6, 6.07) is 1.92. The zero-order valence-electron chi connectivity index (χ0n) is 10.6. The lowest BCUT2D eigenvalue weighted by molar-refractivity contribution is -0.151. The largest absolute Gasteiger partial charge is 0.496 e. The van der Waals surface area contributed by atoms with Gasteiger partial charge in [0.1, 0.15) is 5.75 Å². The Morgan fingerprint density at radius 1 is 1.29 bits per heavy atom. The van der Waals surface area contributed by atoms with Crippen molar-refractivity contribution >= 4 is 11.6 Å². The van der Waals surface area contributed by atoms with Crippen LogP contribution in [0.15, 0.2) is 6.07 Å². The molecule has 94 valence electrons. The summed E-state index contributed by atoms with van der Waals surface area (Å²) in [7, 11) is 1.64. The minimum absolute atomic E-state index is 0.588. The molecular formula is C13H17ClO3. The topological polar surface area (TPSA) is 27.7 Å². The Kier molecular flexibility index (Phi) is 3.34. The number of halogens is 1. The van der Waals surface area contributed by atoms with E-state index >= 15 is 0 Å². The Morgan fingerprint density at radius 2 is 1.88 bits per heavy atom. The van der Waals surface area contributed by atoms with Gasteiger partial charge in [-0.25, -0.2) is 0 Å². The molecule has 0 N–H and O–H groups in total. The number of benzene rings is 1. The molecule has 4 heteroatoms. The van der Waals surface area contributed by atoms with Crippen molar-refractivity contribution in [1.29, 1.82) is 0 Å². The predicted octanol–water partition coefficient (Wildman–Crippen LogP) is 3.18. The second-order valence-electron chi connectivity index (χ2n) is 4.35. The first-order chi connectivity index (χ1) is 7.99. The molecule has 3 nitrogen and oxygen atoms in total. The van der Waals surface area contributed by atoms with Gasteiger partial charge >= 0.3 is 0 Å². The van der Waals surface area contributed by atoms with Crippen molar-refractivity contribution in [2.45, 2.75) is 26.6 Å². The third-order valence-corrected chi connectivity index (χ3v) is 3.74. The predicted molar refractivity (Wildman–Crippen MR) is 66.7 cm³/mol. The normalized spacial score (nSPS) is 18.4. The molecule has 1 saturated heterocycles. The van der Waals surface area contributed by atoms with E-state index in [1.807, 2.05) is 26.8 Å². The molecule has 1 aromatic rings. The molecule has 0 atom stereocenters. The summed E-state index contributed by atoms with van der Waals surface area (Å²) in [5.41, 5.74) is 2.83. The number of aryl methyl sites for hydroxylation is 1. The average Bonchev–Trinajstić information content (AvgIpc) is 2.72. The fraction of sp³-hybridized carbons (Fsp3) is 0.538. The molecule has 1 aliphatic rings. The fourth-order valence-corrected chi connectivity index (χ4v) is 2.46. The Labute approximate surface area is 107 Å². The van der Waals surface area contributed by atoms with E-state index in [4.69, 9.17) is 25.8 Å². The van der Waals surface area contributed by atoms with Gasteiger partial charge in [0.25, 0.3) is 0 Å². The molecule has 1 heterocycles. The van der Waals surface area contributed by atoms with Crippen molar-refractivity contribution in [2.75, 3.05) is 20.3 Å². The van der Waals surface area contributed by atoms with Crippen molar-refractivity contribution in [3.8, 4) is 5.75 Å². The molecular weight excluding hydrogens is 240 g/mol. The van der Waals surface area contributed by atoms with Crippen LogP contribution in [-0.4, -0.2) is 20.3 Å². The van der Waals surface area contributed by atoms with Crippen molar-refractivity contribution in [3.05, 3.63) is 27.8 Å². The summed E-state index contributed by atoms with van der Waals surface area (Å²) in [6.45, 7) is 7.00. The first kappa shape index (κ1) is 12.7. The highest BCUT2D eigenvalue weighted by atomic mass is 35.5. The zero-order valence-corrected chi connectivity index (χ0v) is 11.4. The van der Waals surface area contributed by atoms with Gasteiger partial charge in [0, 0.05) is 5.02 Å². The second kappa shape index (κ2) is 4.48. The molecule has 1 fully saturated rings. The molecule has 0 aromatic heterocycles. The van der Waals surface area contributed by atoms with E-state index in [-0.39, 0.29) is 0 Å². The van der Waals surface area contributed by atoms with Crippen molar-refractivity contribution < 1.29 is 14.2 Å². The van der Waals surface area contributed by atoms with Crippen LogP contribution in [0.1, 0.15) is 23.6 Å². The van der Waals surface area contributed by atoms with Crippen LogP contribution in [0.2, 0.25) is 5.02 Å². The molecule has 17 heavy (non-hydrogen) atoms. The monoisotopic (exact) mass is 256 g/mol. The highest BCUT2D eigenvalue weighted by Crippen LogP contribution is 2.42. The number of methoxy groups -OCH3 is 1. The van der Waals surface area contributed by atoms with Crippen LogP contribution in [0.4, 0.5) is 0 Å². The first-order valence-electron chi connectivity index (χ1n) is 5.61. The molecule has 0 bridgehead atoms. The summed E-state index contributed by atoms with van der Waals surface area (Å²) in [5, 5.41) is 0.737. The molecule has 2 rings (SSSR count). The van der Waals surface area contributed by atoms with Crippen LogP contribution < -0.4 is 4.74 Å². The van der Waals surface area contributed by atoms with E-state index in [0.717, 1.165) is 27.5 Å². The summed E-state index contributed by atoms with van der Waals surface area (Å²) >= 11 is 6.29. The lowest BCUT2D eigenvalue weighted by Gasteiger charge is -2.27. The van der Waals surface area contributed by atoms with Crippen LogP contribution in [0.25, 0.3) is 0 Å². The summed E-state index contributed by atoms with van der Waals surface area (Å²) in [5.74, 6) is 0.000972. The van der Waals surface area contributed by atoms with Crippen LogP contribution in [-0.2, 0) is 15.3 Å². The van der Waals surface area contributed by atoms with Gasteiger partial charge in [0.2, 0.25) is 0 Å². The van der Waals surface area contributed by atoms with Gasteiger partial charge in [0.05, 0.1) is 25.9 Å². The molecule has 1 aromatic carbocycles. The Bertz CT molecular complexity index is 437. The van der Waals surface area contributed by atoms with Crippen LogP contribution in [0, 0.1) is 13.8 Å². The van der Waals surface area contributed by atoms with E-state index < -0.39 is 5.79 Å². The molecule has 1 aliphatic heterocycles. The third-order valence-electron chi connectivity index (χ3n) is 3.16. The van der Waals surface area contributed by atoms with Gasteiger partial charge in [-0.2, -0.15) is 0 Å². The van der Waals surface area contributed by atoms with E-state index in [1.165, 1.54) is 0 Å². The molecule has 0 aliphatic carbocycles. The first-order valence-corrected chi connectivity index (χ1v) is 5.99. The van der Waals surface area contributed by atoms with E-state index in [9.17, 15) is 0 Å². The molecule has 0 amide bonds. The summed E-state index contributed by atoms with van der Waals surface area (Å²) in [6.07, 6.45) is 0. The average molecular weight is 257 g/mol. The van der Waals surface area contributed by atoms with Gasteiger partial charge < -0.3 is 14.2 Å². The van der Waals surface area contributed by atoms with Crippen molar-refractivity contribution in [2.24, 2.45) is 0 Å². The van der Waals surface area contributed by atoms with E-state index in [1.54, 1.807) is 7.11 Å². The van der Waals surface area contributed by atoms with Crippen LogP contribution in [0.3, 0.4) is 0 Å².